The number of hydrogen-bond donors (Lipinski definition) is 3. The van der Waals surface area contributed by atoms with E-state index < -0.39 is 5.41 Å². The number of ketones is 1. The van der Waals surface area contributed by atoms with E-state index in [0.717, 1.165) is 59.8 Å². The third kappa shape index (κ3) is 4.61. The number of rotatable bonds is 5. The van der Waals surface area contributed by atoms with Crippen LogP contribution in [0.4, 0.5) is 5.69 Å². The highest BCUT2D eigenvalue weighted by molar-refractivity contribution is 7.17. The Balaban J connectivity index is 1.39. The van der Waals surface area contributed by atoms with Crippen molar-refractivity contribution >= 4 is 50.5 Å². The third-order valence-corrected chi connectivity index (χ3v) is 7.78. The monoisotopic (exact) mass is 534 g/mol. The maximum absolute atomic E-state index is 12.5. The number of aromatic amines is 2. The molecule has 8 nitrogen and oxygen atoms in total. The average molecular weight is 535 g/mol. The van der Waals surface area contributed by atoms with Crippen LogP contribution in [0, 0.1) is 5.41 Å². The number of Topliss-reactive ketones (excluding diaryl/α,β-unsaturated/α-hetero) is 1. The summed E-state index contributed by atoms with van der Waals surface area (Å²) in [5.74, 6) is -0.0156. The van der Waals surface area contributed by atoms with E-state index in [1.54, 1.807) is 25.5 Å². The number of thiophene rings is 1. The predicted octanol–water partition coefficient (Wildman–Crippen LogP) is 7.08. The average Bonchev–Trinajstić information content (AvgIpc) is 3.65. The largest absolute Gasteiger partial charge is 0.353 e. The lowest BCUT2D eigenvalue weighted by molar-refractivity contribution is -0.123. The van der Waals surface area contributed by atoms with Crippen molar-refractivity contribution in [2.24, 2.45) is 5.41 Å². The van der Waals surface area contributed by atoms with E-state index in [0.29, 0.717) is 5.69 Å². The first kappa shape index (κ1) is 24.7. The van der Waals surface area contributed by atoms with Crippen molar-refractivity contribution in [3.8, 4) is 33.1 Å². The molecule has 0 bridgehead atoms. The SMILES string of the molecule is CC(=O)c1ccc(-c2cccc3[nH]c(-c4n[nH]c5cnc(-c6cncc(NC(=O)C(C)(C)C)c6)cc45)cc23)s1. The minimum atomic E-state index is -0.516. The maximum atomic E-state index is 12.5. The van der Waals surface area contributed by atoms with Gasteiger partial charge < -0.3 is 10.3 Å². The first-order valence-electron chi connectivity index (χ1n) is 12.5. The van der Waals surface area contributed by atoms with Crippen LogP contribution in [0.25, 0.3) is 54.9 Å². The number of nitrogens with zero attached hydrogens (tertiary/aromatic N) is 3. The molecule has 0 saturated carbocycles. The molecule has 5 heterocycles. The normalized spacial score (nSPS) is 11.8. The number of carbonyl (C=O) groups excluding carboxylic acids is 2. The Morgan fingerprint density at radius 1 is 0.949 bits per heavy atom. The molecule has 0 radical (unpaired) electrons. The second-order valence-electron chi connectivity index (χ2n) is 10.5. The number of amides is 1. The molecule has 9 heteroatoms. The number of aromatic nitrogens is 5. The van der Waals surface area contributed by atoms with Crippen molar-refractivity contribution in [3.63, 3.8) is 0 Å². The van der Waals surface area contributed by atoms with Crippen molar-refractivity contribution < 1.29 is 9.59 Å². The van der Waals surface area contributed by atoms with Gasteiger partial charge in [0.05, 0.1) is 39.9 Å². The fraction of sp³-hybridized carbons (Fsp3) is 0.167. The van der Waals surface area contributed by atoms with Crippen molar-refractivity contribution in [1.29, 1.82) is 0 Å². The molecule has 0 saturated heterocycles. The zero-order chi connectivity index (χ0) is 27.3. The van der Waals surface area contributed by atoms with Crippen molar-refractivity contribution in [2.45, 2.75) is 27.7 Å². The van der Waals surface area contributed by atoms with Gasteiger partial charge in [-0.2, -0.15) is 5.10 Å². The number of carbonyl (C=O) groups is 2. The van der Waals surface area contributed by atoms with Crippen LogP contribution in [-0.4, -0.2) is 36.8 Å². The summed E-state index contributed by atoms with van der Waals surface area (Å²) < 4.78 is 0. The van der Waals surface area contributed by atoms with Gasteiger partial charge in [0, 0.05) is 43.9 Å². The number of hydrogen-bond acceptors (Lipinski definition) is 6. The Morgan fingerprint density at radius 2 is 1.79 bits per heavy atom. The van der Waals surface area contributed by atoms with E-state index in [9.17, 15) is 9.59 Å². The second kappa shape index (κ2) is 9.28. The Morgan fingerprint density at radius 3 is 2.56 bits per heavy atom. The highest BCUT2D eigenvalue weighted by Gasteiger charge is 2.21. The molecule has 194 valence electrons. The number of fused-ring (bicyclic) bond motifs is 2. The molecule has 0 atom stereocenters. The van der Waals surface area contributed by atoms with Crippen molar-refractivity contribution in [3.05, 3.63) is 72.0 Å². The van der Waals surface area contributed by atoms with E-state index in [1.165, 1.54) is 11.3 Å². The number of pyridine rings is 2. The van der Waals surface area contributed by atoms with Gasteiger partial charge in [-0.25, -0.2) is 0 Å². The zero-order valence-corrected chi connectivity index (χ0v) is 22.7. The maximum Gasteiger partial charge on any atom is 0.229 e. The van der Waals surface area contributed by atoms with Gasteiger partial charge >= 0.3 is 0 Å². The zero-order valence-electron chi connectivity index (χ0n) is 21.9. The highest BCUT2D eigenvalue weighted by Crippen LogP contribution is 2.37. The van der Waals surface area contributed by atoms with E-state index in [2.05, 4.69) is 42.6 Å². The van der Waals surface area contributed by atoms with Crippen molar-refractivity contribution in [1.82, 2.24) is 25.1 Å². The quantitative estimate of drug-likeness (QED) is 0.204. The topological polar surface area (TPSA) is 116 Å². The second-order valence-corrected chi connectivity index (χ2v) is 11.6. The summed E-state index contributed by atoms with van der Waals surface area (Å²) in [4.78, 5) is 38.5. The number of H-pyrrole nitrogens is 2. The van der Waals surface area contributed by atoms with Crippen LogP contribution in [0.1, 0.15) is 37.4 Å². The van der Waals surface area contributed by atoms with Crippen LogP contribution < -0.4 is 5.32 Å². The van der Waals surface area contributed by atoms with Gasteiger partial charge in [0.25, 0.3) is 0 Å². The van der Waals surface area contributed by atoms with Crippen LogP contribution >= 0.6 is 11.3 Å². The molecule has 0 spiro atoms. The molecular weight excluding hydrogens is 508 g/mol. The molecule has 0 aliphatic carbocycles. The molecule has 1 amide bonds. The lowest BCUT2D eigenvalue weighted by Crippen LogP contribution is -2.27. The first-order valence-corrected chi connectivity index (χ1v) is 13.3. The minimum absolute atomic E-state index is 0.0675. The van der Waals surface area contributed by atoms with Crippen LogP contribution in [0.3, 0.4) is 0 Å². The minimum Gasteiger partial charge on any atom is -0.353 e. The summed E-state index contributed by atoms with van der Waals surface area (Å²) in [6.45, 7) is 7.19. The van der Waals surface area contributed by atoms with E-state index in [-0.39, 0.29) is 11.7 Å². The molecule has 39 heavy (non-hydrogen) atoms. The Kier molecular flexibility index (Phi) is 5.88. The fourth-order valence-corrected chi connectivity index (χ4v) is 5.36. The molecule has 1 aromatic carbocycles. The molecule has 5 aromatic heterocycles. The van der Waals surface area contributed by atoms with Gasteiger partial charge in [-0.3, -0.25) is 24.7 Å². The summed E-state index contributed by atoms with van der Waals surface area (Å²) in [6.07, 6.45) is 5.11. The summed E-state index contributed by atoms with van der Waals surface area (Å²) in [5.41, 5.74) is 6.10. The number of benzene rings is 1. The highest BCUT2D eigenvalue weighted by atomic mass is 32.1. The molecule has 3 N–H and O–H groups in total. The molecule has 0 fully saturated rings. The summed E-state index contributed by atoms with van der Waals surface area (Å²) in [5, 5.41) is 12.6. The lowest BCUT2D eigenvalue weighted by atomic mass is 9.95. The Bertz CT molecular complexity index is 1890. The van der Waals surface area contributed by atoms with Crippen LogP contribution in [0.5, 0.6) is 0 Å². The van der Waals surface area contributed by atoms with E-state index >= 15 is 0 Å². The Labute approximate surface area is 228 Å². The summed E-state index contributed by atoms with van der Waals surface area (Å²) >= 11 is 1.50. The fourth-order valence-electron chi connectivity index (χ4n) is 4.42. The molecule has 6 aromatic rings. The lowest BCUT2D eigenvalue weighted by Gasteiger charge is -2.17. The van der Waals surface area contributed by atoms with Crippen LogP contribution in [0.15, 0.2) is 67.1 Å². The van der Waals surface area contributed by atoms with Gasteiger partial charge in [-0.05, 0) is 43.3 Å². The first-order chi connectivity index (χ1) is 18.7. The molecule has 0 unspecified atom stereocenters. The molecular formula is C30H26N6O2S. The Hall–Kier alpha value is -4.63. The van der Waals surface area contributed by atoms with E-state index in [4.69, 9.17) is 0 Å². The smallest absolute Gasteiger partial charge is 0.229 e. The third-order valence-electron chi connectivity index (χ3n) is 6.56. The molecule has 0 aliphatic heterocycles. The summed E-state index contributed by atoms with van der Waals surface area (Å²) in [6, 6.07) is 15.9. The van der Waals surface area contributed by atoms with Crippen molar-refractivity contribution in [2.75, 3.05) is 5.32 Å². The van der Waals surface area contributed by atoms with Gasteiger partial charge in [0.1, 0.15) is 5.69 Å². The standard InChI is InChI=1S/C30H26N6O2S/c1-16(37)26-8-9-27(39-26)19-6-5-7-22-20(19)11-24(34-22)28-21-12-23(32-15-25(21)35-36-28)17-10-18(14-31-13-17)33-29(38)30(2,3)4/h5-15,34H,1-4H3,(H,33,38)(H,35,36). The van der Waals surface area contributed by atoms with Gasteiger partial charge in [0.2, 0.25) is 5.91 Å². The molecule has 0 aliphatic rings. The van der Waals surface area contributed by atoms with Gasteiger partial charge in [-0.15, -0.1) is 11.3 Å². The van der Waals surface area contributed by atoms with Gasteiger partial charge in [0.15, 0.2) is 5.78 Å². The van der Waals surface area contributed by atoms with E-state index in [1.807, 2.05) is 57.2 Å². The van der Waals surface area contributed by atoms with Crippen LogP contribution in [-0.2, 0) is 4.79 Å². The predicted molar refractivity (Wildman–Crippen MR) is 156 cm³/mol. The van der Waals surface area contributed by atoms with Gasteiger partial charge in [-0.1, -0.05) is 32.9 Å². The number of nitrogens with one attached hydrogen (secondary N) is 3. The number of anilines is 1. The summed E-state index contributed by atoms with van der Waals surface area (Å²) in [7, 11) is 0. The van der Waals surface area contributed by atoms with Crippen LogP contribution in [0.2, 0.25) is 0 Å². The molecule has 6 rings (SSSR count).